The summed E-state index contributed by atoms with van der Waals surface area (Å²) in [4.78, 5) is 12.0. The summed E-state index contributed by atoms with van der Waals surface area (Å²) in [6.07, 6.45) is 5.80. The highest BCUT2D eigenvalue weighted by molar-refractivity contribution is 9.09. The Morgan fingerprint density at radius 1 is 1.31 bits per heavy atom. The molecule has 0 aromatic heterocycles. The SMILES string of the molecule is O=C(NC1CCCCC1CBr)C1CCOC1. The summed E-state index contributed by atoms with van der Waals surface area (Å²) in [5, 5.41) is 4.21. The van der Waals surface area contributed by atoms with Crippen LogP contribution in [0.1, 0.15) is 32.1 Å². The average Bonchev–Trinajstić information content (AvgIpc) is 2.83. The van der Waals surface area contributed by atoms with Crippen molar-refractivity contribution in [3.63, 3.8) is 0 Å². The maximum Gasteiger partial charge on any atom is 0.225 e. The Bertz CT molecular complexity index is 241. The minimum Gasteiger partial charge on any atom is -0.381 e. The van der Waals surface area contributed by atoms with E-state index in [0.717, 1.165) is 24.8 Å². The van der Waals surface area contributed by atoms with Gasteiger partial charge in [-0.05, 0) is 25.2 Å². The van der Waals surface area contributed by atoms with Crippen LogP contribution in [0.5, 0.6) is 0 Å². The molecule has 1 saturated carbocycles. The Kier molecular flexibility index (Phi) is 4.65. The van der Waals surface area contributed by atoms with E-state index in [2.05, 4.69) is 21.2 Å². The summed E-state index contributed by atoms with van der Waals surface area (Å²) in [7, 11) is 0. The Morgan fingerprint density at radius 3 is 2.81 bits per heavy atom. The summed E-state index contributed by atoms with van der Waals surface area (Å²) in [5.41, 5.74) is 0. The topological polar surface area (TPSA) is 38.3 Å². The fourth-order valence-corrected chi connectivity index (χ4v) is 3.40. The predicted molar refractivity (Wildman–Crippen MR) is 66.6 cm³/mol. The van der Waals surface area contributed by atoms with Crippen molar-refractivity contribution in [3.05, 3.63) is 0 Å². The van der Waals surface area contributed by atoms with E-state index in [9.17, 15) is 4.79 Å². The van der Waals surface area contributed by atoms with E-state index >= 15 is 0 Å². The zero-order valence-electron chi connectivity index (χ0n) is 9.58. The fraction of sp³-hybridized carbons (Fsp3) is 0.917. The van der Waals surface area contributed by atoms with E-state index in [1.807, 2.05) is 0 Å². The van der Waals surface area contributed by atoms with Gasteiger partial charge >= 0.3 is 0 Å². The van der Waals surface area contributed by atoms with Gasteiger partial charge in [0.05, 0.1) is 12.5 Å². The van der Waals surface area contributed by atoms with Crippen LogP contribution < -0.4 is 5.32 Å². The molecule has 0 aromatic carbocycles. The first-order valence-corrected chi connectivity index (χ1v) is 7.37. The third kappa shape index (κ3) is 2.98. The highest BCUT2D eigenvalue weighted by Crippen LogP contribution is 2.26. The van der Waals surface area contributed by atoms with Gasteiger partial charge in [0.2, 0.25) is 5.91 Å². The molecule has 3 unspecified atom stereocenters. The van der Waals surface area contributed by atoms with Gasteiger partial charge in [-0.15, -0.1) is 0 Å². The molecule has 2 rings (SSSR count). The van der Waals surface area contributed by atoms with Gasteiger partial charge < -0.3 is 10.1 Å². The maximum absolute atomic E-state index is 12.0. The van der Waals surface area contributed by atoms with Gasteiger partial charge in [0.15, 0.2) is 0 Å². The molecule has 0 aromatic rings. The zero-order chi connectivity index (χ0) is 11.4. The van der Waals surface area contributed by atoms with Crippen molar-refractivity contribution in [2.75, 3.05) is 18.5 Å². The molecular formula is C12H20BrNO2. The van der Waals surface area contributed by atoms with Crippen molar-refractivity contribution in [1.82, 2.24) is 5.32 Å². The third-order valence-corrected chi connectivity index (χ3v) is 4.57. The minimum absolute atomic E-state index is 0.0953. The van der Waals surface area contributed by atoms with Crippen molar-refractivity contribution in [2.24, 2.45) is 11.8 Å². The lowest BCUT2D eigenvalue weighted by Crippen LogP contribution is -2.45. The number of ether oxygens (including phenoxy) is 1. The van der Waals surface area contributed by atoms with Gasteiger partial charge in [-0.2, -0.15) is 0 Å². The normalized spacial score (nSPS) is 34.9. The van der Waals surface area contributed by atoms with Crippen molar-refractivity contribution in [2.45, 2.75) is 38.1 Å². The highest BCUT2D eigenvalue weighted by atomic mass is 79.9. The number of carbonyl (C=O) groups excluding carboxylic acids is 1. The van der Waals surface area contributed by atoms with Gasteiger partial charge in [-0.1, -0.05) is 28.8 Å². The Labute approximate surface area is 105 Å². The molecule has 1 saturated heterocycles. The Morgan fingerprint density at radius 2 is 2.12 bits per heavy atom. The van der Waals surface area contributed by atoms with Gasteiger partial charge in [-0.3, -0.25) is 4.79 Å². The molecular weight excluding hydrogens is 270 g/mol. The molecule has 3 atom stereocenters. The number of hydrogen-bond donors (Lipinski definition) is 1. The van der Waals surface area contributed by atoms with Crippen LogP contribution >= 0.6 is 15.9 Å². The summed E-state index contributed by atoms with van der Waals surface area (Å²) < 4.78 is 5.25. The Balaban J connectivity index is 1.84. The summed E-state index contributed by atoms with van der Waals surface area (Å²) >= 11 is 3.55. The number of halogens is 1. The number of amides is 1. The smallest absolute Gasteiger partial charge is 0.225 e. The number of carbonyl (C=O) groups is 1. The predicted octanol–water partition coefficient (Wildman–Crippen LogP) is 2.09. The maximum atomic E-state index is 12.0. The second-order valence-corrected chi connectivity index (χ2v) is 5.52. The first-order valence-electron chi connectivity index (χ1n) is 6.25. The molecule has 3 nitrogen and oxygen atoms in total. The van der Waals surface area contributed by atoms with Crippen molar-refractivity contribution in [1.29, 1.82) is 0 Å². The molecule has 0 radical (unpaired) electrons. The first kappa shape index (κ1) is 12.4. The number of nitrogens with one attached hydrogen (secondary N) is 1. The molecule has 1 amide bonds. The van der Waals surface area contributed by atoms with Crippen molar-refractivity contribution in [3.8, 4) is 0 Å². The third-order valence-electron chi connectivity index (χ3n) is 3.74. The molecule has 2 fully saturated rings. The Hall–Kier alpha value is -0.0900. The van der Waals surface area contributed by atoms with Crippen molar-refractivity contribution < 1.29 is 9.53 Å². The minimum atomic E-state index is 0.0953. The molecule has 16 heavy (non-hydrogen) atoms. The number of hydrogen-bond acceptors (Lipinski definition) is 2. The van der Waals surface area contributed by atoms with E-state index in [-0.39, 0.29) is 11.8 Å². The van der Waals surface area contributed by atoms with Gasteiger partial charge in [0, 0.05) is 18.0 Å². The van der Waals surface area contributed by atoms with Crippen molar-refractivity contribution >= 4 is 21.8 Å². The highest BCUT2D eigenvalue weighted by Gasteiger charge is 2.29. The molecule has 1 N–H and O–H groups in total. The van der Waals surface area contributed by atoms with E-state index in [1.165, 1.54) is 19.3 Å². The lowest BCUT2D eigenvalue weighted by molar-refractivity contribution is -0.126. The summed E-state index contributed by atoms with van der Waals surface area (Å²) in [5.74, 6) is 0.910. The largest absolute Gasteiger partial charge is 0.381 e. The monoisotopic (exact) mass is 289 g/mol. The fourth-order valence-electron chi connectivity index (χ4n) is 2.62. The number of alkyl halides is 1. The average molecular weight is 290 g/mol. The number of rotatable bonds is 3. The molecule has 1 heterocycles. The quantitative estimate of drug-likeness (QED) is 0.808. The van der Waals surface area contributed by atoms with Crippen LogP contribution in [0.4, 0.5) is 0 Å². The molecule has 1 aliphatic heterocycles. The lowest BCUT2D eigenvalue weighted by Gasteiger charge is -2.31. The van der Waals surface area contributed by atoms with Gasteiger partial charge in [0.1, 0.15) is 0 Å². The van der Waals surface area contributed by atoms with Crippen LogP contribution in [-0.2, 0) is 9.53 Å². The van der Waals surface area contributed by atoms with E-state index in [4.69, 9.17) is 4.74 Å². The van der Waals surface area contributed by atoms with E-state index in [1.54, 1.807) is 0 Å². The molecule has 0 bridgehead atoms. The molecule has 0 spiro atoms. The first-order chi connectivity index (χ1) is 7.81. The molecule has 2 aliphatic rings. The molecule has 1 aliphatic carbocycles. The van der Waals surface area contributed by atoms with Crippen LogP contribution in [-0.4, -0.2) is 30.5 Å². The standard InChI is InChI=1S/C12H20BrNO2/c13-7-9-3-1-2-4-11(9)14-12(15)10-5-6-16-8-10/h9-11H,1-8H2,(H,14,15). The van der Waals surface area contributed by atoms with Crippen LogP contribution in [0.15, 0.2) is 0 Å². The van der Waals surface area contributed by atoms with Gasteiger partial charge in [0.25, 0.3) is 0 Å². The summed E-state index contributed by atoms with van der Waals surface area (Å²) in [6, 6.07) is 0.376. The van der Waals surface area contributed by atoms with E-state index < -0.39 is 0 Å². The zero-order valence-corrected chi connectivity index (χ0v) is 11.2. The second kappa shape index (κ2) is 6.01. The van der Waals surface area contributed by atoms with Crippen LogP contribution in [0.3, 0.4) is 0 Å². The van der Waals surface area contributed by atoms with E-state index in [0.29, 0.717) is 18.6 Å². The molecule has 4 heteroatoms. The lowest BCUT2D eigenvalue weighted by atomic mass is 9.85. The van der Waals surface area contributed by atoms with Crippen LogP contribution in [0.2, 0.25) is 0 Å². The van der Waals surface area contributed by atoms with Gasteiger partial charge in [-0.25, -0.2) is 0 Å². The summed E-state index contributed by atoms with van der Waals surface area (Å²) in [6.45, 7) is 1.35. The second-order valence-electron chi connectivity index (χ2n) is 4.87. The van der Waals surface area contributed by atoms with Crippen LogP contribution in [0, 0.1) is 11.8 Å². The molecule has 92 valence electrons. The van der Waals surface area contributed by atoms with Crippen LogP contribution in [0.25, 0.3) is 0 Å².